The number of ether oxygens (including phenoxy) is 1. The van der Waals surface area contributed by atoms with E-state index in [4.69, 9.17) is 20.1 Å². The second-order valence-corrected chi connectivity index (χ2v) is 5.25. The van der Waals surface area contributed by atoms with Gasteiger partial charge in [-0.05, 0) is 29.8 Å². The maximum atomic E-state index is 11.1. The molecule has 0 radical (unpaired) electrons. The Bertz CT molecular complexity index is 852. The quantitative estimate of drug-likeness (QED) is 0.699. The molecule has 3 aromatic rings. The molecule has 0 bridgehead atoms. The van der Waals surface area contributed by atoms with E-state index in [0.717, 1.165) is 11.1 Å². The van der Waals surface area contributed by atoms with Gasteiger partial charge in [-0.15, -0.1) is 0 Å². The van der Waals surface area contributed by atoms with E-state index in [1.165, 1.54) is 0 Å². The third-order valence-corrected chi connectivity index (χ3v) is 3.64. The molecule has 24 heavy (non-hydrogen) atoms. The summed E-state index contributed by atoms with van der Waals surface area (Å²) in [5.74, 6) is 0.0354. The molecule has 0 fully saturated rings. The van der Waals surface area contributed by atoms with Crippen LogP contribution in [0.25, 0.3) is 22.4 Å². The predicted molar refractivity (Wildman–Crippen MR) is 89.7 cm³/mol. The van der Waals surface area contributed by atoms with E-state index in [1.807, 2.05) is 24.3 Å². The molecule has 0 atom stereocenters. The van der Waals surface area contributed by atoms with E-state index in [-0.39, 0.29) is 6.42 Å². The minimum absolute atomic E-state index is 0.247. The Labute approximate surface area is 138 Å². The van der Waals surface area contributed by atoms with Crippen LogP contribution in [0.1, 0.15) is 5.76 Å². The first-order valence-electron chi connectivity index (χ1n) is 7.29. The number of nitrogens with two attached hydrogens (primary N) is 1. The summed E-state index contributed by atoms with van der Waals surface area (Å²) in [5.41, 5.74) is 9.20. The van der Waals surface area contributed by atoms with Gasteiger partial charge in [-0.2, -0.15) is 0 Å². The molecule has 1 heterocycles. The molecule has 0 amide bonds. The Balaban J connectivity index is 2.13. The van der Waals surface area contributed by atoms with Crippen LogP contribution in [-0.2, 0) is 11.2 Å². The molecule has 0 unspecified atom stereocenters. The van der Waals surface area contributed by atoms with Crippen LogP contribution < -0.4 is 10.5 Å². The van der Waals surface area contributed by atoms with Crippen LogP contribution in [0.5, 0.6) is 5.75 Å². The fourth-order valence-electron chi connectivity index (χ4n) is 2.48. The van der Waals surface area contributed by atoms with Crippen molar-refractivity contribution < 1.29 is 19.2 Å². The molecule has 122 valence electrons. The third kappa shape index (κ3) is 3.08. The zero-order chi connectivity index (χ0) is 17.1. The van der Waals surface area contributed by atoms with E-state index in [9.17, 15) is 4.79 Å². The van der Waals surface area contributed by atoms with Gasteiger partial charge in [0.1, 0.15) is 17.9 Å². The van der Waals surface area contributed by atoms with Crippen LogP contribution >= 0.6 is 0 Å². The molecular formula is C18H16N2O4. The van der Waals surface area contributed by atoms with Gasteiger partial charge in [-0.1, -0.05) is 29.4 Å². The minimum Gasteiger partial charge on any atom is -0.497 e. The van der Waals surface area contributed by atoms with Crippen molar-refractivity contribution in [2.75, 3.05) is 12.8 Å². The van der Waals surface area contributed by atoms with Crippen molar-refractivity contribution in [2.24, 2.45) is 0 Å². The zero-order valence-electron chi connectivity index (χ0n) is 13.0. The van der Waals surface area contributed by atoms with Crippen LogP contribution in [0, 0.1) is 0 Å². The molecule has 0 saturated heterocycles. The van der Waals surface area contributed by atoms with Gasteiger partial charge in [-0.3, -0.25) is 4.79 Å². The standard InChI is InChI=1S/C18H16N2O4/c1-23-14-8-4-11(5-9-14)17-15(10-16(21)22)24-20-18(17)12-2-6-13(19)7-3-12/h2-9H,10,19H2,1H3,(H,21,22). The van der Waals surface area contributed by atoms with Gasteiger partial charge in [0.2, 0.25) is 0 Å². The highest BCUT2D eigenvalue weighted by Crippen LogP contribution is 2.35. The number of hydrogen-bond acceptors (Lipinski definition) is 5. The van der Waals surface area contributed by atoms with E-state index in [1.54, 1.807) is 31.4 Å². The molecule has 3 rings (SSSR count). The van der Waals surface area contributed by atoms with Gasteiger partial charge >= 0.3 is 5.97 Å². The van der Waals surface area contributed by atoms with Gasteiger partial charge < -0.3 is 20.1 Å². The molecule has 1 aromatic heterocycles. The normalized spacial score (nSPS) is 10.5. The largest absolute Gasteiger partial charge is 0.497 e. The number of nitrogens with zero attached hydrogens (tertiary/aromatic N) is 1. The Morgan fingerprint density at radius 2 is 1.75 bits per heavy atom. The second kappa shape index (κ2) is 6.45. The molecule has 3 N–H and O–H groups in total. The van der Waals surface area contributed by atoms with Crippen molar-refractivity contribution in [1.82, 2.24) is 5.16 Å². The summed E-state index contributed by atoms with van der Waals surface area (Å²) in [6.45, 7) is 0. The summed E-state index contributed by atoms with van der Waals surface area (Å²) in [7, 11) is 1.59. The number of carboxylic acids is 1. The summed E-state index contributed by atoms with van der Waals surface area (Å²) in [5, 5.41) is 13.2. The minimum atomic E-state index is -0.982. The van der Waals surface area contributed by atoms with Gasteiger partial charge in [0, 0.05) is 11.3 Å². The number of nitrogen functional groups attached to an aromatic ring is 1. The first-order valence-corrected chi connectivity index (χ1v) is 7.29. The van der Waals surface area contributed by atoms with E-state index >= 15 is 0 Å². The fourth-order valence-corrected chi connectivity index (χ4v) is 2.48. The van der Waals surface area contributed by atoms with Crippen molar-refractivity contribution in [2.45, 2.75) is 6.42 Å². The molecule has 0 saturated carbocycles. The van der Waals surface area contributed by atoms with Crippen molar-refractivity contribution in [3.63, 3.8) is 0 Å². The monoisotopic (exact) mass is 324 g/mol. The number of benzene rings is 2. The van der Waals surface area contributed by atoms with Crippen molar-refractivity contribution in [3.05, 3.63) is 54.3 Å². The van der Waals surface area contributed by atoms with Crippen LogP contribution in [-0.4, -0.2) is 23.3 Å². The SMILES string of the molecule is COc1ccc(-c2c(-c3ccc(N)cc3)noc2CC(=O)O)cc1. The van der Waals surface area contributed by atoms with Gasteiger partial charge in [0.05, 0.1) is 12.7 Å². The van der Waals surface area contributed by atoms with Crippen LogP contribution in [0.15, 0.2) is 53.1 Å². The average Bonchev–Trinajstić information content (AvgIpc) is 2.98. The number of anilines is 1. The molecule has 0 aliphatic carbocycles. The highest BCUT2D eigenvalue weighted by molar-refractivity contribution is 5.85. The maximum Gasteiger partial charge on any atom is 0.311 e. The van der Waals surface area contributed by atoms with Crippen LogP contribution in [0.3, 0.4) is 0 Å². The van der Waals surface area contributed by atoms with E-state index < -0.39 is 5.97 Å². The number of aliphatic carboxylic acids is 1. The summed E-state index contributed by atoms with van der Waals surface area (Å²) in [4.78, 5) is 11.1. The average molecular weight is 324 g/mol. The number of rotatable bonds is 5. The Kier molecular flexibility index (Phi) is 4.20. The molecule has 6 nitrogen and oxygen atoms in total. The fraction of sp³-hybridized carbons (Fsp3) is 0.111. The third-order valence-electron chi connectivity index (χ3n) is 3.64. The molecule has 0 aliphatic heterocycles. The number of methoxy groups -OCH3 is 1. The number of carbonyl (C=O) groups is 1. The van der Waals surface area contributed by atoms with Crippen molar-refractivity contribution in [3.8, 4) is 28.1 Å². The summed E-state index contributed by atoms with van der Waals surface area (Å²) in [6, 6.07) is 14.5. The molecule has 0 aliphatic rings. The number of carboxylic acid groups (broad SMARTS) is 1. The van der Waals surface area contributed by atoms with Gasteiger partial charge in [-0.25, -0.2) is 0 Å². The highest BCUT2D eigenvalue weighted by Gasteiger charge is 2.21. The Morgan fingerprint density at radius 1 is 1.12 bits per heavy atom. The topological polar surface area (TPSA) is 98.6 Å². The van der Waals surface area contributed by atoms with Crippen LogP contribution in [0.2, 0.25) is 0 Å². The molecule has 6 heteroatoms. The lowest BCUT2D eigenvalue weighted by atomic mass is 9.98. The Hall–Kier alpha value is -3.28. The second-order valence-electron chi connectivity index (χ2n) is 5.25. The van der Waals surface area contributed by atoms with Crippen LogP contribution in [0.4, 0.5) is 5.69 Å². The van der Waals surface area contributed by atoms with E-state index in [2.05, 4.69) is 5.16 Å². The molecule has 2 aromatic carbocycles. The van der Waals surface area contributed by atoms with Crippen molar-refractivity contribution >= 4 is 11.7 Å². The number of hydrogen-bond donors (Lipinski definition) is 2. The zero-order valence-corrected chi connectivity index (χ0v) is 13.0. The predicted octanol–water partition coefficient (Wildman–Crippen LogP) is 3.23. The smallest absolute Gasteiger partial charge is 0.311 e. The molecule has 0 spiro atoms. The summed E-state index contributed by atoms with van der Waals surface area (Å²) >= 11 is 0. The highest BCUT2D eigenvalue weighted by atomic mass is 16.5. The first kappa shape index (κ1) is 15.6. The number of aromatic nitrogens is 1. The van der Waals surface area contributed by atoms with Gasteiger partial charge in [0.15, 0.2) is 5.76 Å². The lowest BCUT2D eigenvalue weighted by molar-refractivity contribution is -0.136. The van der Waals surface area contributed by atoms with Gasteiger partial charge in [0.25, 0.3) is 0 Å². The summed E-state index contributed by atoms with van der Waals surface area (Å²) in [6.07, 6.45) is -0.247. The molecular weight excluding hydrogens is 308 g/mol. The lowest BCUT2D eigenvalue weighted by Gasteiger charge is -2.06. The lowest BCUT2D eigenvalue weighted by Crippen LogP contribution is -2.00. The Morgan fingerprint density at radius 3 is 2.33 bits per heavy atom. The van der Waals surface area contributed by atoms with Crippen molar-refractivity contribution in [1.29, 1.82) is 0 Å². The summed E-state index contributed by atoms with van der Waals surface area (Å²) < 4.78 is 10.5. The first-order chi connectivity index (χ1) is 11.6. The maximum absolute atomic E-state index is 11.1. The van der Waals surface area contributed by atoms with E-state index in [0.29, 0.717) is 28.5 Å².